The Bertz CT molecular complexity index is 737. The molecule has 1 aliphatic heterocycles. The van der Waals surface area contributed by atoms with E-state index < -0.39 is 10.9 Å². The number of piperazine rings is 1. The summed E-state index contributed by atoms with van der Waals surface area (Å²) in [4.78, 5) is 39.0. The van der Waals surface area contributed by atoms with Crippen LogP contribution in [0.1, 0.15) is 48.9 Å². The summed E-state index contributed by atoms with van der Waals surface area (Å²) in [6, 6.07) is 4.23. The summed E-state index contributed by atoms with van der Waals surface area (Å²) in [7, 11) is 1.26. The highest BCUT2D eigenvalue weighted by Crippen LogP contribution is 2.30. The van der Waals surface area contributed by atoms with Crippen molar-refractivity contribution in [2.24, 2.45) is 5.92 Å². The van der Waals surface area contributed by atoms with Gasteiger partial charge in [-0.1, -0.05) is 25.7 Å². The lowest BCUT2D eigenvalue weighted by molar-refractivity contribution is -0.384. The SMILES string of the molecule is COC(=O)c1cc([N+](=O)[O-])ccc1N1CCN(C(=O)CCC2CCCC2)CC1. The smallest absolute Gasteiger partial charge is 0.340 e. The van der Waals surface area contributed by atoms with Gasteiger partial charge >= 0.3 is 5.97 Å². The molecule has 0 radical (unpaired) electrons. The molecule has 1 amide bonds. The van der Waals surface area contributed by atoms with Gasteiger partial charge in [0.2, 0.25) is 5.91 Å². The molecule has 1 aromatic rings. The maximum absolute atomic E-state index is 12.5. The van der Waals surface area contributed by atoms with Crippen LogP contribution in [0.25, 0.3) is 0 Å². The van der Waals surface area contributed by atoms with Crippen molar-refractivity contribution >= 4 is 23.3 Å². The van der Waals surface area contributed by atoms with Crippen LogP contribution < -0.4 is 4.90 Å². The van der Waals surface area contributed by atoms with E-state index >= 15 is 0 Å². The number of nitrogens with zero attached hydrogens (tertiary/aromatic N) is 3. The third-order valence-electron chi connectivity index (χ3n) is 5.81. The second kappa shape index (κ2) is 9.03. The van der Waals surface area contributed by atoms with Crippen molar-refractivity contribution in [3.63, 3.8) is 0 Å². The molecule has 2 fully saturated rings. The molecule has 0 unspecified atom stereocenters. The molecule has 1 aliphatic carbocycles. The van der Waals surface area contributed by atoms with Gasteiger partial charge in [-0.25, -0.2) is 4.79 Å². The number of methoxy groups -OCH3 is 1. The molecule has 1 heterocycles. The van der Waals surface area contributed by atoms with E-state index in [0.717, 1.165) is 6.42 Å². The minimum absolute atomic E-state index is 0.148. The number of benzene rings is 1. The summed E-state index contributed by atoms with van der Waals surface area (Å²) < 4.78 is 4.79. The Labute approximate surface area is 164 Å². The minimum atomic E-state index is -0.603. The molecule has 1 saturated carbocycles. The molecule has 0 atom stereocenters. The third-order valence-corrected chi connectivity index (χ3v) is 5.81. The molecular formula is C20H27N3O5. The van der Waals surface area contributed by atoms with E-state index in [9.17, 15) is 19.7 Å². The first-order chi connectivity index (χ1) is 13.5. The van der Waals surface area contributed by atoms with Gasteiger partial charge in [-0.2, -0.15) is 0 Å². The van der Waals surface area contributed by atoms with Gasteiger partial charge < -0.3 is 14.5 Å². The topological polar surface area (TPSA) is 93.0 Å². The van der Waals surface area contributed by atoms with Gasteiger partial charge in [0.05, 0.1) is 23.3 Å². The van der Waals surface area contributed by atoms with Crippen molar-refractivity contribution in [3.05, 3.63) is 33.9 Å². The Balaban J connectivity index is 1.61. The molecule has 1 saturated heterocycles. The second-order valence-electron chi connectivity index (χ2n) is 7.51. The fourth-order valence-corrected chi connectivity index (χ4v) is 4.17. The van der Waals surface area contributed by atoms with E-state index in [-0.39, 0.29) is 17.2 Å². The van der Waals surface area contributed by atoms with E-state index in [1.54, 1.807) is 6.07 Å². The van der Waals surface area contributed by atoms with Crippen molar-refractivity contribution < 1.29 is 19.2 Å². The number of amides is 1. The molecule has 8 nitrogen and oxygen atoms in total. The molecule has 0 aromatic heterocycles. The Morgan fingerprint density at radius 1 is 1.18 bits per heavy atom. The normalized spacial score (nSPS) is 17.6. The van der Waals surface area contributed by atoms with Gasteiger partial charge in [-0.05, 0) is 18.4 Å². The van der Waals surface area contributed by atoms with E-state index in [1.165, 1.54) is 44.9 Å². The summed E-state index contributed by atoms with van der Waals surface area (Å²) in [6.07, 6.45) is 6.66. The zero-order valence-corrected chi connectivity index (χ0v) is 16.3. The number of hydrogen-bond acceptors (Lipinski definition) is 6. The summed E-state index contributed by atoms with van der Waals surface area (Å²) in [5.41, 5.74) is 0.637. The molecule has 3 rings (SSSR count). The van der Waals surface area contributed by atoms with Gasteiger partial charge in [-0.3, -0.25) is 14.9 Å². The molecule has 0 N–H and O–H groups in total. The molecule has 152 valence electrons. The highest BCUT2D eigenvalue weighted by Gasteiger charge is 2.26. The van der Waals surface area contributed by atoms with Crippen LogP contribution in [-0.4, -0.2) is 55.0 Å². The number of nitro groups is 1. The largest absolute Gasteiger partial charge is 0.465 e. The molecule has 28 heavy (non-hydrogen) atoms. The quantitative estimate of drug-likeness (QED) is 0.422. The highest BCUT2D eigenvalue weighted by molar-refractivity contribution is 5.96. The zero-order valence-electron chi connectivity index (χ0n) is 16.3. The maximum Gasteiger partial charge on any atom is 0.340 e. The van der Waals surface area contributed by atoms with Gasteiger partial charge in [0.15, 0.2) is 0 Å². The van der Waals surface area contributed by atoms with Crippen molar-refractivity contribution in [2.45, 2.75) is 38.5 Å². The number of carbonyl (C=O) groups is 2. The Kier molecular flexibility index (Phi) is 6.49. The van der Waals surface area contributed by atoms with Crippen molar-refractivity contribution in [3.8, 4) is 0 Å². The van der Waals surface area contributed by atoms with E-state index in [4.69, 9.17) is 4.74 Å². The Morgan fingerprint density at radius 3 is 2.46 bits per heavy atom. The number of ether oxygens (including phenoxy) is 1. The summed E-state index contributed by atoms with van der Waals surface area (Å²) >= 11 is 0. The van der Waals surface area contributed by atoms with Crippen LogP contribution >= 0.6 is 0 Å². The fourth-order valence-electron chi connectivity index (χ4n) is 4.17. The fraction of sp³-hybridized carbons (Fsp3) is 0.600. The predicted molar refractivity (Wildman–Crippen MR) is 104 cm³/mol. The van der Waals surface area contributed by atoms with Gasteiger partial charge in [0.1, 0.15) is 0 Å². The Hall–Kier alpha value is -2.64. The lowest BCUT2D eigenvalue weighted by Crippen LogP contribution is -2.49. The number of rotatable bonds is 6. The van der Waals surface area contributed by atoms with Gasteiger partial charge in [-0.15, -0.1) is 0 Å². The minimum Gasteiger partial charge on any atom is -0.465 e. The lowest BCUT2D eigenvalue weighted by atomic mass is 10.0. The van der Waals surface area contributed by atoms with E-state index in [0.29, 0.717) is 44.2 Å². The number of nitro benzene ring substituents is 1. The van der Waals surface area contributed by atoms with Crippen LogP contribution in [-0.2, 0) is 9.53 Å². The molecule has 2 aliphatic rings. The van der Waals surface area contributed by atoms with Crippen LogP contribution in [0.2, 0.25) is 0 Å². The number of anilines is 1. The van der Waals surface area contributed by atoms with Gasteiger partial charge in [0, 0.05) is 44.7 Å². The van der Waals surface area contributed by atoms with Crippen LogP contribution in [0.5, 0.6) is 0 Å². The second-order valence-corrected chi connectivity index (χ2v) is 7.51. The summed E-state index contributed by atoms with van der Waals surface area (Å²) in [6.45, 7) is 2.33. The number of carbonyl (C=O) groups excluding carboxylic acids is 2. The van der Waals surface area contributed by atoms with E-state index in [1.807, 2.05) is 9.80 Å². The van der Waals surface area contributed by atoms with Crippen molar-refractivity contribution in [1.29, 1.82) is 0 Å². The molecule has 0 bridgehead atoms. The average molecular weight is 389 g/mol. The third kappa shape index (κ3) is 4.61. The first kappa shape index (κ1) is 20.1. The standard InChI is InChI=1S/C20H27N3O5/c1-28-20(25)17-14-16(23(26)27)7-8-18(17)21-10-12-22(13-11-21)19(24)9-6-15-4-2-3-5-15/h7-8,14-15H,2-6,9-13H2,1H3. The van der Waals surface area contributed by atoms with Crippen LogP contribution in [0.3, 0.4) is 0 Å². The van der Waals surface area contributed by atoms with Crippen molar-refractivity contribution in [1.82, 2.24) is 4.90 Å². The van der Waals surface area contributed by atoms with Crippen LogP contribution in [0.15, 0.2) is 18.2 Å². The molecular weight excluding hydrogens is 362 g/mol. The maximum atomic E-state index is 12.5. The van der Waals surface area contributed by atoms with Crippen LogP contribution in [0, 0.1) is 16.0 Å². The monoisotopic (exact) mass is 389 g/mol. The first-order valence-electron chi connectivity index (χ1n) is 9.89. The average Bonchev–Trinajstić information content (AvgIpc) is 3.24. The zero-order chi connectivity index (χ0) is 20.1. The van der Waals surface area contributed by atoms with Crippen molar-refractivity contribution in [2.75, 3.05) is 38.2 Å². The predicted octanol–water partition coefficient (Wildman–Crippen LogP) is 3.00. The van der Waals surface area contributed by atoms with Crippen LogP contribution in [0.4, 0.5) is 11.4 Å². The lowest BCUT2D eigenvalue weighted by Gasteiger charge is -2.37. The first-order valence-corrected chi connectivity index (χ1v) is 9.89. The Morgan fingerprint density at radius 2 is 1.86 bits per heavy atom. The number of non-ortho nitro benzene ring substituents is 1. The van der Waals surface area contributed by atoms with E-state index in [2.05, 4.69) is 0 Å². The number of esters is 1. The van der Waals surface area contributed by atoms with Gasteiger partial charge in [0.25, 0.3) is 5.69 Å². The highest BCUT2D eigenvalue weighted by atomic mass is 16.6. The molecule has 1 aromatic carbocycles. The number of hydrogen-bond donors (Lipinski definition) is 0. The molecule has 0 spiro atoms. The molecule has 8 heteroatoms. The summed E-state index contributed by atoms with van der Waals surface area (Å²) in [5.74, 6) is 0.296. The summed E-state index contributed by atoms with van der Waals surface area (Å²) in [5, 5.41) is 11.0.